The van der Waals surface area contributed by atoms with Crippen molar-refractivity contribution in [1.82, 2.24) is 15.6 Å². The average Bonchev–Trinajstić information content (AvgIpc) is 3.08. The number of rotatable bonds is 3. The lowest BCUT2D eigenvalue weighted by Gasteiger charge is -2.23. The normalized spacial score (nSPS) is 23.1. The highest BCUT2D eigenvalue weighted by Gasteiger charge is 2.33. The Balaban J connectivity index is 1.49. The summed E-state index contributed by atoms with van der Waals surface area (Å²) in [5.41, 5.74) is 2.72. The van der Waals surface area contributed by atoms with E-state index >= 15 is 0 Å². The molecular weight excluding hydrogens is 252 g/mol. The molecule has 3 rings (SSSR count). The van der Waals surface area contributed by atoms with Gasteiger partial charge in [-0.3, -0.25) is 0 Å². The number of urea groups is 1. The van der Waals surface area contributed by atoms with E-state index in [0.717, 1.165) is 18.4 Å². The Morgan fingerprint density at radius 2 is 2.45 bits per heavy atom. The Morgan fingerprint density at radius 1 is 1.55 bits per heavy atom. The van der Waals surface area contributed by atoms with E-state index in [-0.39, 0.29) is 12.1 Å². The van der Waals surface area contributed by atoms with E-state index in [1.165, 1.54) is 12.0 Å². The SMILES string of the molecule is N#Cc1cc(CNC(=O)N[C@H]2CC3=C[C@@H]2CC3)ccn1. The van der Waals surface area contributed by atoms with Crippen molar-refractivity contribution in [2.45, 2.75) is 31.8 Å². The van der Waals surface area contributed by atoms with Gasteiger partial charge in [-0.25, -0.2) is 9.78 Å². The maximum Gasteiger partial charge on any atom is 0.315 e. The topological polar surface area (TPSA) is 77.8 Å². The highest BCUT2D eigenvalue weighted by Crippen LogP contribution is 2.38. The number of carbonyl (C=O) groups excluding carboxylic acids is 1. The predicted octanol–water partition coefficient (Wildman–Crippen LogP) is 1.86. The molecule has 102 valence electrons. The number of carbonyl (C=O) groups is 1. The molecule has 1 aromatic heterocycles. The van der Waals surface area contributed by atoms with Crippen molar-refractivity contribution < 1.29 is 4.79 Å². The van der Waals surface area contributed by atoms with Crippen LogP contribution in [0.25, 0.3) is 0 Å². The van der Waals surface area contributed by atoms with Crippen molar-refractivity contribution in [3.05, 3.63) is 41.2 Å². The lowest BCUT2D eigenvalue weighted by atomic mass is 9.94. The van der Waals surface area contributed by atoms with Crippen LogP contribution in [-0.2, 0) is 6.54 Å². The summed E-state index contributed by atoms with van der Waals surface area (Å²) in [6, 6.07) is 5.57. The van der Waals surface area contributed by atoms with Gasteiger partial charge < -0.3 is 10.6 Å². The molecule has 2 aliphatic rings. The van der Waals surface area contributed by atoms with E-state index in [2.05, 4.69) is 21.7 Å². The van der Waals surface area contributed by atoms with E-state index in [1.54, 1.807) is 18.3 Å². The second-order valence-electron chi connectivity index (χ2n) is 5.33. The highest BCUT2D eigenvalue weighted by atomic mass is 16.2. The molecule has 0 radical (unpaired) electrons. The second kappa shape index (κ2) is 5.33. The lowest BCUT2D eigenvalue weighted by molar-refractivity contribution is 0.232. The molecule has 2 amide bonds. The number of hydrogen-bond donors (Lipinski definition) is 2. The van der Waals surface area contributed by atoms with Crippen molar-refractivity contribution in [3.63, 3.8) is 0 Å². The van der Waals surface area contributed by atoms with E-state index < -0.39 is 0 Å². The third-order valence-corrected chi connectivity index (χ3v) is 3.96. The Bertz CT molecular complexity index is 602. The fourth-order valence-electron chi connectivity index (χ4n) is 2.95. The van der Waals surface area contributed by atoms with Crippen molar-refractivity contribution >= 4 is 6.03 Å². The summed E-state index contributed by atoms with van der Waals surface area (Å²) in [5, 5.41) is 14.6. The van der Waals surface area contributed by atoms with Gasteiger partial charge in [-0.2, -0.15) is 5.26 Å². The van der Waals surface area contributed by atoms with Crippen molar-refractivity contribution in [1.29, 1.82) is 5.26 Å². The van der Waals surface area contributed by atoms with Crippen LogP contribution < -0.4 is 10.6 Å². The Kier molecular flexibility index (Phi) is 3.38. The van der Waals surface area contributed by atoms with Crippen molar-refractivity contribution in [2.24, 2.45) is 5.92 Å². The van der Waals surface area contributed by atoms with Gasteiger partial charge in [-0.15, -0.1) is 0 Å². The molecule has 2 bridgehead atoms. The summed E-state index contributed by atoms with van der Waals surface area (Å²) in [6.45, 7) is 0.403. The van der Waals surface area contributed by atoms with Crippen LogP contribution in [0.5, 0.6) is 0 Å². The summed E-state index contributed by atoms with van der Waals surface area (Å²) < 4.78 is 0. The number of nitrogens with one attached hydrogen (secondary N) is 2. The van der Waals surface area contributed by atoms with Crippen LogP contribution in [0.2, 0.25) is 0 Å². The van der Waals surface area contributed by atoms with Crippen molar-refractivity contribution in [2.75, 3.05) is 0 Å². The van der Waals surface area contributed by atoms with Crippen LogP contribution in [0.3, 0.4) is 0 Å². The first-order valence-corrected chi connectivity index (χ1v) is 6.83. The zero-order valence-corrected chi connectivity index (χ0v) is 11.1. The van der Waals surface area contributed by atoms with E-state index in [0.29, 0.717) is 18.2 Å². The van der Waals surface area contributed by atoms with E-state index in [1.807, 2.05) is 6.07 Å². The minimum absolute atomic E-state index is 0.146. The highest BCUT2D eigenvalue weighted by molar-refractivity contribution is 5.74. The number of pyridine rings is 1. The predicted molar refractivity (Wildman–Crippen MR) is 73.5 cm³/mol. The number of fused-ring (bicyclic) bond motifs is 1. The molecule has 0 spiro atoms. The molecule has 0 aliphatic heterocycles. The Morgan fingerprint density at radius 3 is 3.15 bits per heavy atom. The second-order valence-corrected chi connectivity index (χ2v) is 5.33. The number of aromatic nitrogens is 1. The largest absolute Gasteiger partial charge is 0.335 e. The number of hydrogen-bond acceptors (Lipinski definition) is 3. The Hall–Kier alpha value is -2.35. The van der Waals surface area contributed by atoms with Gasteiger partial charge in [0.05, 0.1) is 0 Å². The molecule has 0 aromatic carbocycles. The third-order valence-electron chi connectivity index (χ3n) is 3.96. The van der Waals surface area contributed by atoms with Gasteiger partial charge in [-0.1, -0.05) is 11.6 Å². The maximum absolute atomic E-state index is 11.9. The first kappa shape index (κ1) is 12.7. The quantitative estimate of drug-likeness (QED) is 0.821. The van der Waals surface area contributed by atoms with E-state index in [9.17, 15) is 4.79 Å². The standard InChI is InChI=1S/C15H16N4O/c16-8-13-6-11(3-4-17-13)9-18-15(20)19-14-7-10-1-2-12(14)5-10/h3-6,12,14H,1-2,7,9H2,(H2,18,19,20)/t12-,14-/m0/s1. The van der Waals surface area contributed by atoms with Gasteiger partial charge >= 0.3 is 6.03 Å². The zero-order chi connectivity index (χ0) is 13.9. The van der Waals surface area contributed by atoms with Crippen LogP contribution in [0, 0.1) is 17.2 Å². The third kappa shape index (κ3) is 2.64. The minimum Gasteiger partial charge on any atom is -0.335 e. The van der Waals surface area contributed by atoms with Gasteiger partial charge in [0.2, 0.25) is 0 Å². The molecule has 2 aliphatic carbocycles. The molecule has 2 atom stereocenters. The summed E-state index contributed by atoms with van der Waals surface area (Å²) in [5.74, 6) is 0.516. The summed E-state index contributed by atoms with van der Waals surface area (Å²) >= 11 is 0. The monoisotopic (exact) mass is 268 g/mol. The fourth-order valence-corrected chi connectivity index (χ4v) is 2.95. The summed E-state index contributed by atoms with van der Waals surface area (Å²) in [7, 11) is 0. The molecule has 5 nitrogen and oxygen atoms in total. The molecule has 5 heteroatoms. The first-order chi connectivity index (χ1) is 9.74. The molecule has 0 saturated heterocycles. The smallest absolute Gasteiger partial charge is 0.315 e. The number of nitrogens with zero attached hydrogens (tertiary/aromatic N) is 2. The molecule has 0 fully saturated rings. The maximum atomic E-state index is 11.9. The molecule has 0 saturated carbocycles. The van der Waals surface area contributed by atoms with Crippen LogP contribution in [0.15, 0.2) is 30.0 Å². The van der Waals surface area contributed by atoms with Crippen LogP contribution in [0.1, 0.15) is 30.5 Å². The van der Waals surface area contributed by atoms with Crippen LogP contribution in [-0.4, -0.2) is 17.1 Å². The van der Waals surface area contributed by atoms with Gasteiger partial charge in [0.1, 0.15) is 11.8 Å². The molecule has 1 heterocycles. The summed E-state index contributed by atoms with van der Waals surface area (Å²) in [4.78, 5) is 15.8. The van der Waals surface area contributed by atoms with Crippen LogP contribution in [0.4, 0.5) is 4.79 Å². The minimum atomic E-state index is -0.146. The average molecular weight is 268 g/mol. The zero-order valence-electron chi connectivity index (χ0n) is 11.1. The molecule has 2 N–H and O–H groups in total. The molecule has 20 heavy (non-hydrogen) atoms. The van der Waals surface area contributed by atoms with Crippen LogP contribution >= 0.6 is 0 Å². The van der Waals surface area contributed by atoms with Gasteiger partial charge in [0, 0.05) is 18.8 Å². The molecule has 1 aromatic rings. The van der Waals surface area contributed by atoms with Gasteiger partial charge in [0.25, 0.3) is 0 Å². The Labute approximate surface area is 117 Å². The van der Waals surface area contributed by atoms with Crippen molar-refractivity contribution in [3.8, 4) is 6.07 Å². The fraction of sp³-hybridized carbons (Fsp3) is 0.400. The lowest BCUT2D eigenvalue weighted by Crippen LogP contribution is -2.44. The number of nitriles is 1. The van der Waals surface area contributed by atoms with Gasteiger partial charge in [-0.05, 0) is 42.9 Å². The number of amides is 2. The molecule has 0 unspecified atom stereocenters. The first-order valence-electron chi connectivity index (χ1n) is 6.83. The van der Waals surface area contributed by atoms with E-state index in [4.69, 9.17) is 5.26 Å². The summed E-state index contributed by atoms with van der Waals surface area (Å²) in [6.07, 6.45) is 7.22. The van der Waals surface area contributed by atoms with Gasteiger partial charge in [0.15, 0.2) is 0 Å². The molecular formula is C15H16N4O.